The molecule has 3 rings (SSSR count). The SMILES string of the molecule is COCCN(C(=O)c1cc(C)n(-c2ccc(Br)cc2)c1C)C1CCS(=O)(=O)C1. The van der Waals surface area contributed by atoms with Crippen LogP contribution < -0.4 is 0 Å². The monoisotopic (exact) mass is 468 g/mol. The number of hydrogen-bond donors (Lipinski definition) is 0. The number of sulfone groups is 1. The molecule has 1 fully saturated rings. The Bertz CT molecular complexity index is 967. The molecule has 0 spiro atoms. The molecule has 1 amide bonds. The van der Waals surface area contributed by atoms with Gasteiger partial charge in [-0.1, -0.05) is 15.9 Å². The van der Waals surface area contributed by atoms with Gasteiger partial charge >= 0.3 is 0 Å². The highest BCUT2D eigenvalue weighted by Gasteiger charge is 2.35. The maximum atomic E-state index is 13.4. The molecule has 152 valence electrons. The number of ether oxygens (including phenoxy) is 1. The molecule has 0 N–H and O–H groups in total. The number of aryl methyl sites for hydroxylation is 1. The Morgan fingerprint density at radius 1 is 1.29 bits per heavy atom. The molecule has 1 aromatic carbocycles. The van der Waals surface area contributed by atoms with E-state index in [2.05, 4.69) is 15.9 Å². The summed E-state index contributed by atoms with van der Waals surface area (Å²) in [7, 11) is -1.51. The third-order valence-corrected chi connectivity index (χ3v) is 7.47. The van der Waals surface area contributed by atoms with Gasteiger partial charge in [-0.3, -0.25) is 4.79 Å². The number of rotatable bonds is 6. The van der Waals surface area contributed by atoms with Crippen LogP contribution >= 0.6 is 15.9 Å². The molecule has 1 aliphatic rings. The summed E-state index contributed by atoms with van der Waals surface area (Å²) in [6, 6.07) is 9.48. The molecule has 1 aliphatic heterocycles. The Kier molecular flexibility index (Phi) is 6.31. The molecule has 1 atom stereocenters. The highest BCUT2D eigenvalue weighted by atomic mass is 79.9. The van der Waals surface area contributed by atoms with Gasteiger partial charge in [-0.25, -0.2) is 8.42 Å². The summed E-state index contributed by atoms with van der Waals surface area (Å²) in [4.78, 5) is 15.0. The minimum atomic E-state index is -3.09. The number of amides is 1. The smallest absolute Gasteiger partial charge is 0.256 e. The topological polar surface area (TPSA) is 68.6 Å². The van der Waals surface area contributed by atoms with Crippen molar-refractivity contribution < 1.29 is 17.9 Å². The predicted molar refractivity (Wildman–Crippen MR) is 113 cm³/mol. The van der Waals surface area contributed by atoms with E-state index < -0.39 is 9.84 Å². The van der Waals surface area contributed by atoms with Gasteiger partial charge in [0.15, 0.2) is 9.84 Å². The van der Waals surface area contributed by atoms with E-state index in [0.29, 0.717) is 25.1 Å². The van der Waals surface area contributed by atoms with Crippen LogP contribution in [0.3, 0.4) is 0 Å². The minimum absolute atomic E-state index is 0.0217. The second-order valence-electron chi connectivity index (χ2n) is 7.14. The Labute approximate surface area is 174 Å². The molecular formula is C20H25BrN2O4S. The fourth-order valence-electron chi connectivity index (χ4n) is 3.78. The summed E-state index contributed by atoms with van der Waals surface area (Å²) >= 11 is 3.44. The van der Waals surface area contributed by atoms with Crippen LogP contribution in [0.25, 0.3) is 5.69 Å². The van der Waals surface area contributed by atoms with E-state index in [4.69, 9.17) is 4.74 Å². The highest BCUT2D eigenvalue weighted by molar-refractivity contribution is 9.10. The average molecular weight is 469 g/mol. The summed E-state index contributed by atoms with van der Waals surface area (Å²) in [6.07, 6.45) is 0.475. The van der Waals surface area contributed by atoms with E-state index in [1.54, 1.807) is 12.0 Å². The second kappa shape index (κ2) is 8.39. The van der Waals surface area contributed by atoms with E-state index in [-0.39, 0.29) is 23.5 Å². The van der Waals surface area contributed by atoms with Crippen molar-refractivity contribution in [2.24, 2.45) is 0 Å². The van der Waals surface area contributed by atoms with Crippen LogP contribution in [0.15, 0.2) is 34.8 Å². The van der Waals surface area contributed by atoms with E-state index in [1.165, 1.54) is 0 Å². The van der Waals surface area contributed by atoms with Crippen LogP contribution in [0.4, 0.5) is 0 Å². The summed E-state index contributed by atoms with van der Waals surface area (Å²) in [5, 5.41) is 0. The van der Waals surface area contributed by atoms with E-state index >= 15 is 0 Å². The maximum Gasteiger partial charge on any atom is 0.256 e. The van der Waals surface area contributed by atoms with Gasteiger partial charge in [0, 0.05) is 41.2 Å². The van der Waals surface area contributed by atoms with Gasteiger partial charge in [-0.15, -0.1) is 0 Å². The van der Waals surface area contributed by atoms with Crippen molar-refractivity contribution in [3.05, 3.63) is 51.8 Å². The Morgan fingerprint density at radius 3 is 2.54 bits per heavy atom. The van der Waals surface area contributed by atoms with Crippen molar-refractivity contribution in [1.82, 2.24) is 9.47 Å². The average Bonchev–Trinajstić information content (AvgIpc) is 3.15. The first-order valence-electron chi connectivity index (χ1n) is 9.18. The van der Waals surface area contributed by atoms with Crippen molar-refractivity contribution in [2.45, 2.75) is 26.3 Å². The number of methoxy groups -OCH3 is 1. The zero-order chi connectivity index (χ0) is 20.5. The van der Waals surface area contributed by atoms with Gasteiger partial charge < -0.3 is 14.2 Å². The molecule has 2 heterocycles. The number of carbonyl (C=O) groups excluding carboxylic acids is 1. The van der Waals surface area contributed by atoms with Crippen LogP contribution in [0.5, 0.6) is 0 Å². The van der Waals surface area contributed by atoms with Crippen LogP contribution in [-0.2, 0) is 14.6 Å². The molecule has 2 aromatic rings. The lowest BCUT2D eigenvalue weighted by Gasteiger charge is -2.28. The van der Waals surface area contributed by atoms with E-state index in [1.807, 2.05) is 48.7 Å². The second-order valence-corrected chi connectivity index (χ2v) is 10.3. The Hall–Kier alpha value is -1.64. The van der Waals surface area contributed by atoms with Crippen molar-refractivity contribution in [2.75, 3.05) is 31.8 Å². The lowest BCUT2D eigenvalue weighted by Crippen LogP contribution is -2.43. The lowest BCUT2D eigenvalue weighted by atomic mass is 10.1. The zero-order valence-electron chi connectivity index (χ0n) is 16.3. The summed E-state index contributed by atoms with van der Waals surface area (Å²) in [5.74, 6) is 0.0101. The number of nitrogens with zero attached hydrogens (tertiary/aromatic N) is 2. The van der Waals surface area contributed by atoms with E-state index in [9.17, 15) is 13.2 Å². The number of benzene rings is 1. The molecule has 1 unspecified atom stereocenters. The summed E-state index contributed by atoms with van der Waals surface area (Å²) in [6.45, 7) is 4.62. The Morgan fingerprint density at radius 2 is 1.96 bits per heavy atom. The standard InChI is InChI=1S/C20H25BrN2O4S/c1-14-12-19(15(2)23(14)17-6-4-16(21)5-7-17)20(24)22(9-10-27-3)18-8-11-28(25,26)13-18/h4-7,12,18H,8-11,13H2,1-3H3. The van der Waals surface area contributed by atoms with Crippen molar-refractivity contribution >= 4 is 31.7 Å². The van der Waals surface area contributed by atoms with Gasteiger partial charge in [0.05, 0.1) is 23.7 Å². The fourth-order valence-corrected chi connectivity index (χ4v) is 5.78. The Balaban J connectivity index is 1.95. The molecular weight excluding hydrogens is 444 g/mol. The van der Waals surface area contributed by atoms with Crippen LogP contribution in [-0.4, -0.2) is 61.6 Å². The third-order valence-electron chi connectivity index (χ3n) is 5.19. The third kappa shape index (κ3) is 4.34. The lowest BCUT2D eigenvalue weighted by molar-refractivity contribution is 0.0623. The molecule has 0 radical (unpaired) electrons. The van der Waals surface area contributed by atoms with Crippen molar-refractivity contribution in [3.8, 4) is 5.69 Å². The minimum Gasteiger partial charge on any atom is -0.383 e. The first kappa shape index (κ1) is 21.1. The first-order chi connectivity index (χ1) is 13.2. The molecule has 1 aromatic heterocycles. The largest absolute Gasteiger partial charge is 0.383 e. The summed E-state index contributed by atoms with van der Waals surface area (Å²) < 4.78 is 32.1. The van der Waals surface area contributed by atoms with Gasteiger partial charge in [0.2, 0.25) is 0 Å². The highest BCUT2D eigenvalue weighted by Crippen LogP contribution is 2.26. The molecule has 8 heteroatoms. The molecule has 28 heavy (non-hydrogen) atoms. The maximum absolute atomic E-state index is 13.4. The fraction of sp³-hybridized carbons (Fsp3) is 0.450. The molecule has 0 bridgehead atoms. The number of aromatic nitrogens is 1. The van der Waals surface area contributed by atoms with Gasteiger partial charge in [0.1, 0.15) is 0 Å². The summed E-state index contributed by atoms with van der Waals surface area (Å²) in [5.41, 5.74) is 3.37. The predicted octanol–water partition coefficient (Wildman–Crippen LogP) is 3.13. The van der Waals surface area contributed by atoms with Gasteiger partial charge in [0.25, 0.3) is 5.91 Å². The molecule has 1 saturated heterocycles. The molecule has 0 aliphatic carbocycles. The molecule has 0 saturated carbocycles. The van der Waals surface area contributed by atoms with Crippen LogP contribution in [0.1, 0.15) is 28.2 Å². The van der Waals surface area contributed by atoms with Gasteiger partial charge in [-0.2, -0.15) is 0 Å². The van der Waals surface area contributed by atoms with Crippen molar-refractivity contribution in [1.29, 1.82) is 0 Å². The van der Waals surface area contributed by atoms with Crippen LogP contribution in [0, 0.1) is 13.8 Å². The quantitative estimate of drug-likeness (QED) is 0.652. The number of carbonyl (C=O) groups is 1. The normalized spacial score (nSPS) is 18.4. The zero-order valence-corrected chi connectivity index (χ0v) is 18.7. The number of hydrogen-bond acceptors (Lipinski definition) is 4. The van der Waals surface area contributed by atoms with Crippen molar-refractivity contribution in [3.63, 3.8) is 0 Å². The first-order valence-corrected chi connectivity index (χ1v) is 11.8. The number of halogens is 1. The van der Waals surface area contributed by atoms with E-state index in [0.717, 1.165) is 21.5 Å². The van der Waals surface area contributed by atoms with Crippen LogP contribution in [0.2, 0.25) is 0 Å². The molecule has 6 nitrogen and oxygen atoms in total. The van der Waals surface area contributed by atoms with Gasteiger partial charge in [-0.05, 0) is 50.6 Å².